The number of nitrogens with one attached hydrogen (secondary N) is 1. The highest BCUT2D eigenvalue weighted by Crippen LogP contribution is 2.39. The van der Waals surface area contributed by atoms with E-state index in [0.29, 0.717) is 17.4 Å². The number of amides is 1. The number of nitro groups is 1. The molecule has 9 heteroatoms. The minimum absolute atomic E-state index is 0.117. The number of nitro benzene ring substituents is 1. The van der Waals surface area contributed by atoms with Crippen LogP contribution >= 0.6 is 21.6 Å². The Kier molecular flexibility index (Phi) is 8.07. The molecule has 0 spiro atoms. The predicted octanol–water partition coefficient (Wildman–Crippen LogP) is 3.79. The summed E-state index contributed by atoms with van der Waals surface area (Å²) in [5.41, 5.74) is 0.177. The Hall–Kier alpha value is -1.74. The molecule has 1 fully saturated rings. The number of unbranched alkanes of at least 4 members (excludes halogenated alkanes) is 1. The molecule has 1 aromatic carbocycles. The third-order valence-corrected chi connectivity index (χ3v) is 6.60. The Balaban J connectivity index is 1.61. The van der Waals surface area contributed by atoms with Crippen LogP contribution in [0.2, 0.25) is 0 Å². The van der Waals surface area contributed by atoms with Crippen molar-refractivity contribution in [1.82, 2.24) is 0 Å². The summed E-state index contributed by atoms with van der Waals surface area (Å²) in [7, 11) is 3.83. The van der Waals surface area contributed by atoms with Gasteiger partial charge in [-0.25, -0.2) is 0 Å². The first-order chi connectivity index (χ1) is 12.0. The lowest BCUT2D eigenvalue weighted by Gasteiger charge is -2.08. The Morgan fingerprint density at radius 1 is 1.36 bits per heavy atom. The molecular formula is C16H20N2O5S2. The summed E-state index contributed by atoms with van der Waals surface area (Å²) in [6.07, 6.45) is 4.38. The lowest BCUT2D eigenvalue weighted by Crippen LogP contribution is -2.20. The molecule has 1 aromatic rings. The van der Waals surface area contributed by atoms with Gasteiger partial charge in [0.2, 0.25) is 0 Å². The van der Waals surface area contributed by atoms with E-state index >= 15 is 0 Å². The Morgan fingerprint density at radius 2 is 2.20 bits per heavy atom. The highest BCUT2D eigenvalue weighted by Gasteiger charge is 2.16. The third-order valence-electron chi connectivity index (χ3n) is 3.59. The molecule has 7 nitrogen and oxygen atoms in total. The van der Waals surface area contributed by atoms with E-state index in [0.717, 1.165) is 19.3 Å². The van der Waals surface area contributed by atoms with E-state index in [4.69, 9.17) is 4.74 Å². The van der Waals surface area contributed by atoms with Crippen LogP contribution in [0, 0.1) is 10.1 Å². The van der Waals surface area contributed by atoms with Gasteiger partial charge in [0.15, 0.2) is 6.61 Å². The van der Waals surface area contributed by atoms with Gasteiger partial charge < -0.3 is 10.1 Å². The van der Waals surface area contributed by atoms with Gasteiger partial charge in [-0.05, 0) is 25.3 Å². The minimum Gasteiger partial charge on any atom is -0.456 e. The lowest BCUT2D eigenvalue weighted by atomic mass is 10.1. The first-order valence-electron chi connectivity index (χ1n) is 8.03. The van der Waals surface area contributed by atoms with Crippen LogP contribution < -0.4 is 5.32 Å². The number of carbonyl (C=O) groups excluding carboxylic acids is 2. The van der Waals surface area contributed by atoms with Gasteiger partial charge in [0.05, 0.1) is 4.92 Å². The SMILES string of the molecule is O=C(COC(=O)CCCC[C@@H]1CCSS1)Nc1cccc([N+](=O)[O-])c1. The fourth-order valence-electron chi connectivity index (χ4n) is 2.32. The third kappa shape index (κ3) is 7.35. The topological polar surface area (TPSA) is 98.5 Å². The molecule has 0 aliphatic carbocycles. The molecule has 1 heterocycles. The van der Waals surface area contributed by atoms with Crippen LogP contribution in [0.15, 0.2) is 24.3 Å². The van der Waals surface area contributed by atoms with Gasteiger partial charge in [-0.1, -0.05) is 34.1 Å². The van der Waals surface area contributed by atoms with Crippen molar-refractivity contribution in [2.45, 2.75) is 37.4 Å². The highest BCUT2D eigenvalue weighted by atomic mass is 33.1. The molecule has 0 saturated carbocycles. The number of carbonyl (C=O) groups is 2. The van der Waals surface area contributed by atoms with E-state index in [9.17, 15) is 19.7 Å². The number of hydrogen-bond acceptors (Lipinski definition) is 7. The zero-order valence-corrected chi connectivity index (χ0v) is 15.3. The lowest BCUT2D eigenvalue weighted by molar-refractivity contribution is -0.384. The van der Waals surface area contributed by atoms with Crippen LogP contribution in [0.25, 0.3) is 0 Å². The van der Waals surface area contributed by atoms with Crippen LogP contribution in [0.5, 0.6) is 0 Å². The largest absolute Gasteiger partial charge is 0.456 e. The smallest absolute Gasteiger partial charge is 0.306 e. The first-order valence-corrected chi connectivity index (χ1v) is 10.4. The fraction of sp³-hybridized carbons (Fsp3) is 0.500. The molecular weight excluding hydrogens is 364 g/mol. The molecule has 0 aromatic heterocycles. The Labute approximate surface area is 153 Å². The number of hydrogen-bond donors (Lipinski definition) is 1. The number of ether oxygens (including phenoxy) is 1. The second-order valence-corrected chi connectivity index (χ2v) is 8.38. The fourth-order valence-corrected chi connectivity index (χ4v) is 5.35. The van der Waals surface area contributed by atoms with Crippen molar-refractivity contribution in [1.29, 1.82) is 0 Å². The van der Waals surface area contributed by atoms with E-state index in [1.165, 1.54) is 36.4 Å². The maximum absolute atomic E-state index is 11.7. The average molecular weight is 384 g/mol. The van der Waals surface area contributed by atoms with Crippen LogP contribution in [0.1, 0.15) is 32.1 Å². The molecule has 1 atom stereocenters. The molecule has 25 heavy (non-hydrogen) atoms. The Morgan fingerprint density at radius 3 is 2.92 bits per heavy atom. The molecule has 1 N–H and O–H groups in total. The van der Waals surface area contributed by atoms with Gasteiger partial charge in [0.25, 0.3) is 11.6 Å². The van der Waals surface area contributed by atoms with Gasteiger partial charge in [-0.15, -0.1) is 0 Å². The summed E-state index contributed by atoms with van der Waals surface area (Å²) >= 11 is 0. The summed E-state index contributed by atoms with van der Waals surface area (Å²) in [6.45, 7) is -0.392. The van der Waals surface area contributed by atoms with Crippen molar-refractivity contribution in [2.75, 3.05) is 17.7 Å². The molecule has 1 saturated heterocycles. The zero-order valence-electron chi connectivity index (χ0n) is 13.6. The molecule has 0 radical (unpaired) electrons. The second-order valence-electron chi connectivity index (χ2n) is 5.59. The number of esters is 1. The number of non-ortho nitro benzene ring substituents is 1. The monoisotopic (exact) mass is 384 g/mol. The van der Waals surface area contributed by atoms with Crippen molar-refractivity contribution in [2.24, 2.45) is 0 Å². The first kappa shape index (κ1) is 19.6. The van der Waals surface area contributed by atoms with Gasteiger partial charge in [0.1, 0.15) is 0 Å². The van der Waals surface area contributed by atoms with Crippen LogP contribution in [0.3, 0.4) is 0 Å². The highest BCUT2D eigenvalue weighted by molar-refractivity contribution is 8.77. The number of rotatable bonds is 9. The van der Waals surface area contributed by atoms with Gasteiger partial charge in [0, 0.05) is 35.2 Å². The van der Waals surface area contributed by atoms with Crippen molar-refractivity contribution in [3.63, 3.8) is 0 Å². The molecule has 1 amide bonds. The second kappa shape index (κ2) is 10.3. The standard InChI is InChI=1S/C16H20N2O5S2/c19-15(17-12-4-3-5-13(10-12)18(21)22)11-23-16(20)7-2-1-6-14-8-9-24-25-14/h3-5,10,14H,1-2,6-9,11H2,(H,17,19)/t14-/m1/s1. The van der Waals surface area contributed by atoms with E-state index < -0.39 is 23.4 Å². The summed E-state index contributed by atoms with van der Waals surface area (Å²) in [5, 5.41) is 13.9. The van der Waals surface area contributed by atoms with Crippen molar-refractivity contribution < 1.29 is 19.2 Å². The summed E-state index contributed by atoms with van der Waals surface area (Å²) < 4.78 is 4.93. The summed E-state index contributed by atoms with van der Waals surface area (Å²) in [5.74, 6) is 0.285. The van der Waals surface area contributed by atoms with Crippen LogP contribution in [-0.4, -0.2) is 34.4 Å². The molecule has 2 rings (SSSR count). The molecule has 0 bridgehead atoms. The molecule has 1 aliphatic rings. The van der Waals surface area contributed by atoms with Crippen LogP contribution in [0.4, 0.5) is 11.4 Å². The van der Waals surface area contributed by atoms with E-state index in [-0.39, 0.29) is 5.69 Å². The van der Waals surface area contributed by atoms with Crippen molar-refractivity contribution in [3.8, 4) is 0 Å². The Bertz CT molecular complexity index is 620. The number of benzene rings is 1. The maximum atomic E-state index is 11.7. The van der Waals surface area contributed by atoms with Gasteiger partial charge >= 0.3 is 5.97 Å². The minimum atomic E-state index is -0.543. The van der Waals surface area contributed by atoms with Crippen molar-refractivity contribution >= 4 is 44.8 Å². The molecule has 1 aliphatic heterocycles. The predicted molar refractivity (Wildman–Crippen MR) is 99.6 cm³/mol. The average Bonchev–Trinajstić information content (AvgIpc) is 3.10. The zero-order chi connectivity index (χ0) is 18.1. The van der Waals surface area contributed by atoms with Gasteiger partial charge in [-0.3, -0.25) is 19.7 Å². The molecule has 0 unspecified atom stereocenters. The van der Waals surface area contributed by atoms with E-state index in [1.807, 2.05) is 21.6 Å². The number of nitrogens with zero attached hydrogens (tertiary/aromatic N) is 1. The number of anilines is 1. The summed E-state index contributed by atoms with van der Waals surface area (Å²) in [6, 6.07) is 5.59. The van der Waals surface area contributed by atoms with E-state index in [1.54, 1.807) is 0 Å². The maximum Gasteiger partial charge on any atom is 0.306 e. The van der Waals surface area contributed by atoms with E-state index in [2.05, 4.69) is 5.32 Å². The van der Waals surface area contributed by atoms with Gasteiger partial charge in [-0.2, -0.15) is 0 Å². The normalized spacial score (nSPS) is 16.4. The molecule has 136 valence electrons. The van der Waals surface area contributed by atoms with Crippen molar-refractivity contribution in [3.05, 3.63) is 34.4 Å². The quantitative estimate of drug-likeness (QED) is 0.227. The van der Waals surface area contributed by atoms with Crippen LogP contribution in [-0.2, 0) is 14.3 Å². The summed E-state index contributed by atoms with van der Waals surface area (Å²) in [4.78, 5) is 33.5.